The van der Waals surface area contributed by atoms with Crippen LogP contribution in [0.5, 0.6) is 0 Å². The van der Waals surface area contributed by atoms with Crippen molar-refractivity contribution in [1.29, 1.82) is 0 Å². The van der Waals surface area contributed by atoms with Crippen LogP contribution in [0.3, 0.4) is 0 Å². The molecule has 3 aliphatic heterocycles. The predicted molar refractivity (Wildman–Crippen MR) is 128 cm³/mol. The molecule has 0 radical (unpaired) electrons. The number of ether oxygens (including phenoxy) is 1. The van der Waals surface area contributed by atoms with Gasteiger partial charge >= 0.3 is 12.2 Å². The van der Waals surface area contributed by atoms with Gasteiger partial charge in [-0.15, -0.1) is 0 Å². The third-order valence-corrected chi connectivity index (χ3v) is 5.43. The van der Waals surface area contributed by atoms with Crippen molar-refractivity contribution < 1.29 is 17.9 Å². The number of hydrogen-bond donors (Lipinski definition) is 0. The molecule has 11 heteroatoms. The molecule has 0 saturated carbocycles. The lowest BCUT2D eigenvalue weighted by atomic mass is 10.0. The van der Waals surface area contributed by atoms with Crippen molar-refractivity contribution in [2.24, 2.45) is 30.0 Å². The van der Waals surface area contributed by atoms with Crippen molar-refractivity contribution in [1.82, 2.24) is 4.90 Å². The zero-order valence-corrected chi connectivity index (χ0v) is 19.3. The van der Waals surface area contributed by atoms with Gasteiger partial charge in [0.1, 0.15) is 0 Å². The monoisotopic (exact) mass is 479 g/mol. The Morgan fingerprint density at radius 1 is 0.686 bits per heavy atom. The fourth-order valence-electron chi connectivity index (χ4n) is 3.85. The van der Waals surface area contributed by atoms with Crippen LogP contribution in [-0.4, -0.2) is 53.3 Å². The van der Waals surface area contributed by atoms with Crippen molar-refractivity contribution in [2.75, 3.05) is 6.61 Å². The quantitative estimate of drug-likeness (QED) is 0.651. The smallest absolute Gasteiger partial charge is 0.422 e. The lowest BCUT2D eigenvalue weighted by Gasteiger charge is -2.30. The number of amidine groups is 3. The molecule has 3 heterocycles. The first-order valence-electron chi connectivity index (χ1n) is 10.7. The average Bonchev–Trinajstić information content (AvgIpc) is 2.76. The Morgan fingerprint density at radius 3 is 1.66 bits per heavy atom. The number of rotatable bonds is 3. The second-order valence-corrected chi connectivity index (χ2v) is 8.38. The zero-order valence-electron chi connectivity index (χ0n) is 19.3. The van der Waals surface area contributed by atoms with Gasteiger partial charge in [-0.1, -0.05) is 47.5 Å². The number of nitrogens with zero attached hydrogens (tertiary/aromatic N) is 7. The average molecular weight is 479 g/mol. The molecular formula is C24H20F3N7O. The summed E-state index contributed by atoms with van der Waals surface area (Å²) in [4.78, 5) is 27.8. The van der Waals surface area contributed by atoms with E-state index in [9.17, 15) is 13.2 Å². The molecular weight excluding hydrogens is 459 g/mol. The van der Waals surface area contributed by atoms with E-state index in [0.717, 1.165) is 33.4 Å². The van der Waals surface area contributed by atoms with Gasteiger partial charge in [0, 0.05) is 11.1 Å². The highest BCUT2D eigenvalue weighted by atomic mass is 19.4. The topological polar surface area (TPSA) is 86.6 Å². The maximum absolute atomic E-state index is 12.8. The Bertz CT molecular complexity index is 1380. The first-order chi connectivity index (χ1) is 16.6. The Kier molecular flexibility index (Phi) is 5.34. The molecule has 178 valence electrons. The number of halogens is 3. The number of alkyl halides is 3. The number of aryl methyl sites for hydroxylation is 4. The van der Waals surface area contributed by atoms with Gasteiger partial charge in [-0.2, -0.15) is 43.1 Å². The van der Waals surface area contributed by atoms with Crippen LogP contribution in [0.1, 0.15) is 33.4 Å². The number of aliphatic imine (C=N–C) groups is 6. The van der Waals surface area contributed by atoms with Gasteiger partial charge in [0.05, 0.1) is 0 Å². The van der Waals surface area contributed by atoms with Crippen molar-refractivity contribution in [2.45, 2.75) is 33.9 Å². The minimum atomic E-state index is -4.55. The van der Waals surface area contributed by atoms with Crippen LogP contribution < -0.4 is 0 Å². The zero-order chi connectivity index (χ0) is 24.9. The SMILES string of the molecule is Cc1ccc(C2=NC3=NC(OCC(F)(F)F)=NC4=NC(c5ccc(C)cc5C)=NC(=N2)N34)c(C)c1. The largest absolute Gasteiger partial charge is 0.454 e. The van der Waals surface area contributed by atoms with Crippen molar-refractivity contribution in [3.8, 4) is 0 Å². The second-order valence-electron chi connectivity index (χ2n) is 8.38. The highest BCUT2D eigenvalue weighted by Gasteiger charge is 2.37. The van der Waals surface area contributed by atoms with Crippen LogP contribution in [0.25, 0.3) is 0 Å². The van der Waals surface area contributed by atoms with Gasteiger partial charge in [0.15, 0.2) is 18.3 Å². The summed E-state index contributed by atoms with van der Waals surface area (Å²) in [5.74, 6) is 0.926. The first-order valence-corrected chi connectivity index (χ1v) is 10.7. The summed E-state index contributed by atoms with van der Waals surface area (Å²) in [6.45, 7) is 6.27. The van der Waals surface area contributed by atoms with E-state index < -0.39 is 18.8 Å². The molecule has 3 aliphatic rings. The van der Waals surface area contributed by atoms with E-state index in [0.29, 0.717) is 11.7 Å². The molecule has 2 aromatic rings. The summed E-state index contributed by atoms with van der Waals surface area (Å²) >= 11 is 0. The summed E-state index contributed by atoms with van der Waals surface area (Å²) in [6, 6.07) is 11.1. The van der Waals surface area contributed by atoms with E-state index in [2.05, 4.69) is 30.0 Å². The molecule has 0 N–H and O–H groups in total. The van der Waals surface area contributed by atoms with Gasteiger partial charge in [-0.3, -0.25) is 0 Å². The molecule has 0 unspecified atom stereocenters. The van der Waals surface area contributed by atoms with Crippen LogP contribution in [0.2, 0.25) is 0 Å². The predicted octanol–water partition coefficient (Wildman–Crippen LogP) is 4.46. The van der Waals surface area contributed by atoms with Crippen LogP contribution in [-0.2, 0) is 4.74 Å². The maximum atomic E-state index is 12.8. The molecule has 0 fully saturated rings. The minimum absolute atomic E-state index is 0.0272. The van der Waals surface area contributed by atoms with E-state index in [1.54, 1.807) is 0 Å². The van der Waals surface area contributed by atoms with Crippen molar-refractivity contribution >= 4 is 35.6 Å². The number of guanidine groups is 3. The van der Waals surface area contributed by atoms with Crippen molar-refractivity contribution in [3.63, 3.8) is 0 Å². The fraction of sp³-hybridized carbons (Fsp3) is 0.250. The molecule has 0 saturated heterocycles. The van der Waals surface area contributed by atoms with Gasteiger partial charge < -0.3 is 4.74 Å². The van der Waals surface area contributed by atoms with Gasteiger partial charge in [0.25, 0.3) is 0 Å². The normalized spacial score (nSPS) is 16.9. The summed E-state index contributed by atoms with van der Waals surface area (Å²) in [7, 11) is 0. The van der Waals surface area contributed by atoms with Crippen LogP contribution in [0, 0.1) is 27.7 Å². The molecule has 2 aromatic carbocycles. The van der Waals surface area contributed by atoms with Crippen LogP contribution in [0.4, 0.5) is 13.2 Å². The third-order valence-electron chi connectivity index (χ3n) is 5.43. The molecule has 35 heavy (non-hydrogen) atoms. The second kappa shape index (κ2) is 8.26. The third kappa shape index (κ3) is 4.48. The lowest BCUT2D eigenvalue weighted by Crippen LogP contribution is -2.48. The summed E-state index contributed by atoms with van der Waals surface area (Å²) in [6.07, 6.45) is -4.55. The fourth-order valence-corrected chi connectivity index (χ4v) is 3.85. The van der Waals surface area contributed by atoms with Crippen LogP contribution in [0.15, 0.2) is 66.4 Å². The number of benzene rings is 2. The lowest BCUT2D eigenvalue weighted by molar-refractivity contribution is -0.156. The van der Waals surface area contributed by atoms with Crippen LogP contribution >= 0.6 is 0 Å². The summed E-state index contributed by atoms with van der Waals surface area (Å²) in [5, 5.41) is 0. The number of hydrogen-bond acceptors (Lipinski definition) is 8. The van der Waals surface area contributed by atoms with Gasteiger partial charge in [-0.05, 0) is 38.8 Å². The Labute approximate surface area is 199 Å². The highest BCUT2D eigenvalue weighted by molar-refractivity contribution is 6.32. The standard InChI is InChI=1S/C24H20F3N7O/c1-12-5-7-16(14(3)9-12)18-28-20-29-19(17-8-6-13(2)10-15(17)4)31-22-33-23(35-11-24(25,26)27)32-21(30-18)34(20)22/h5-10H,11H2,1-4H3. The molecule has 0 atom stereocenters. The van der Waals surface area contributed by atoms with E-state index in [-0.39, 0.29) is 17.9 Å². The molecule has 0 amide bonds. The van der Waals surface area contributed by atoms with E-state index in [1.807, 2.05) is 64.1 Å². The molecule has 0 bridgehead atoms. The molecule has 0 aliphatic carbocycles. The van der Waals surface area contributed by atoms with Crippen molar-refractivity contribution in [3.05, 3.63) is 69.8 Å². The minimum Gasteiger partial charge on any atom is -0.454 e. The molecule has 8 nitrogen and oxygen atoms in total. The Hall–Kier alpha value is -4.15. The van der Waals surface area contributed by atoms with E-state index >= 15 is 0 Å². The van der Waals surface area contributed by atoms with E-state index in [4.69, 9.17) is 4.74 Å². The van der Waals surface area contributed by atoms with E-state index in [1.165, 1.54) is 4.90 Å². The Morgan fingerprint density at radius 2 is 1.17 bits per heavy atom. The highest BCUT2D eigenvalue weighted by Crippen LogP contribution is 2.24. The van der Waals surface area contributed by atoms with Gasteiger partial charge in [0.2, 0.25) is 17.9 Å². The first kappa shape index (κ1) is 22.6. The Balaban J connectivity index is 1.65. The molecule has 0 aromatic heterocycles. The maximum Gasteiger partial charge on any atom is 0.422 e. The summed E-state index contributed by atoms with van der Waals surface area (Å²) in [5.41, 5.74) is 5.51. The van der Waals surface area contributed by atoms with Gasteiger partial charge in [-0.25, -0.2) is 4.90 Å². The molecule has 0 spiro atoms. The summed E-state index contributed by atoms with van der Waals surface area (Å²) < 4.78 is 43.2. The molecule has 5 rings (SSSR count).